The maximum atomic E-state index is 13.3. The highest BCUT2D eigenvalue weighted by Gasteiger charge is 2.38. The minimum Gasteiger partial charge on any atom is -0.465 e. The summed E-state index contributed by atoms with van der Waals surface area (Å²) in [4.78, 5) is 40.1. The van der Waals surface area contributed by atoms with Crippen LogP contribution in [0.15, 0.2) is 30.3 Å². The lowest BCUT2D eigenvalue weighted by Crippen LogP contribution is -2.58. The van der Waals surface area contributed by atoms with Crippen LogP contribution < -0.4 is 5.32 Å². The lowest BCUT2D eigenvalue weighted by Gasteiger charge is -2.37. The van der Waals surface area contributed by atoms with E-state index in [0.29, 0.717) is 25.1 Å². The van der Waals surface area contributed by atoms with Crippen LogP contribution in [0.25, 0.3) is 0 Å². The van der Waals surface area contributed by atoms with Crippen LogP contribution in [0, 0.1) is 0 Å². The minimum atomic E-state index is -0.645. The van der Waals surface area contributed by atoms with E-state index in [-0.39, 0.29) is 18.5 Å². The number of carbonyl (C=O) groups excluding carboxylic acids is 3. The number of esters is 2. The quantitative estimate of drug-likeness (QED) is 0.563. The molecular weight excluding hydrogens is 428 g/mol. The summed E-state index contributed by atoms with van der Waals surface area (Å²) in [6.07, 6.45) is 1.19. The zero-order valence-electron chi connectivity index (χ0n) is 19.8. The third kappa shape index (κ3) is 8.13. The lowest BCUT2D eigenvalue weighted by molar-refractivity contribution is -0.164. The van der Waals surface area contributed by atoms with Gasteiger partial charge in [0, 0.05) is 18.1 Å². The van der Waals surface area contributed by atoms with Gasteiger partial charge in [0.05, 0.1) is 12.6 Å². The number of amides is 1. The van der Waals surface area contributed by atoms with E-state index in [1.165, 1.54) is 0 Å². The average molecular weight is 465 g/mol. The van der Waals surface area contributed by atoms with Gasteiger partial charge in [0.1, 0.15) is 17.7 Å². The van der Waals surface area contributed by atoms with E-state index < -0.39 is 29.7 Å². The van der Waals surface area contributed by atoms with Gasteiger partial charge in [-0.3, -0.25) is 14.9 Å². The fourth-order valence-electron chi connectivity index (χ4n) is 3.52. The second-order valence-electron chi connectivity index (χ2n) is 8.87. The fraction of sp³-hybridized carbons (Fsp3) is 0.625. The number of rotatable bonds is 9. The smallest absolute Gasteiger partial charge is 0.330 e. The van der Waals surface area contributed by atoms with Crippen LogP contribution in [-0.2, 0) is 30.3 Å². The highest BCUT2D eigenvalue weighted by molar-refractivity contribution is 7.99. The molecule has 0 radical (unpaired) electrons. The van der Waals surface area contributed by atoms with Gasteiger partial charge in [-0.15, -0.1) is 0 Å². The Morgan fingerprint density at radius 2 is 1.91 bits per heavy atom. The third-order valence-corrected chi connectivity index (χ3v) is 6.07. The van der Waals surface area contributed by atoms with E-state index in [1.54, 1.807) is 30.5 Å². The molecule has 2 unspecified atom stereocenters. The molecule has 3 atom stereocenters. The molecule has 8 heteroatoms. The maximum absolute atomic E-state index is 13.3. The SMILES string of the molecule is CCOC(=O)C(CCc1ccccc1)N[C@@H](C)C(=O)N1CCSCC1C(=O)OC(C)(C)C. The van der Waals surface area contributed by atoms with Crippen molar-refractivity contribution in [2.24, 2.45) is 0 Å². The van der Waals surface area contributed by atoms with E-state index in [2.05, 4.69) is 5.32 Å². The molecular formula is C24H36N2O5S. The van der Waals surface area contributed by atoms with E-state index in [1.807, 2.05) is 51.1 Å². The summed E-state index contributed by atoms with van der Waals surface area (Å²) in [5.74, 6) is 0.280. The van der Waals surface area contributed by atoms with Gasteiger partial charge in [0.15, 0.2) is 0 Å². The van der Waals surface area contributed by atoms with Gasteiger partial charge in [0.25, 0.3) is 0 Å². The molecule has 1 saturated heterocycles. The van der Waals surface area contributed by atoms with Crippen molar-refractivity contribution >= 4 is 29.6 Å². The Labute approximate surface area is 195 Å². The number of benzene rings is 1. The molecule has 1 fully saturated rings. The van der Waals surface area contributed by atoms with Crippen LogP contribution in [0.3, 0.4) is 0 Å². The van der Waals surface area contributed by atoms with E-state index in [4.69, 9.17) is 9.47 Å². The zero-order valence-corrected chi connectivity index (χ0v) is 20.6. The standard InChI is InChI=1S/C24H36N2O5S/c1-6-30-22(28)19(13-12-18-10-8-7-9-11-18)25-17(2)21(27)26-14-15-32-16-20(26)23(29)31-24(3,4)5/h7-11,17,19-20,25H,6,12-16H2,1-5H3/t17-,19?,20?/m0/s1. The van der Waals surface area contributed by atoms with Crippen molar-refractivity contribution in [2.75, 3.05) is 24.7 Å². The molecule has 1 aromatic rings. The predicted octanol–water partition coefficient (Wildman–Crippen LogP) is 2.81. The normalized spacial score (nSPS) is 18.5. The highest BCUT2D eigenvalue weighted by Crippen LogP contribution is 2.21. The molecule has 1 amide bonds. The molecule has 1 aliphatic rings. The molecule has 0 bridgehead atoms. The summed E-state index contributed by atoms with van der Waals surface area (Å²) in [6.45, 7) is 9.67. The summed E-state index contributed by atoms with van der Waals surface area (Å²) in [5.41, 5.74) is 0.491. The van der Waals surface area contributed by atoms with Crippen molar-refractivity contribution in [1.82, 2.24) is 10.2 Å². The van der Waals surface area contributed by atoms with Crippen molar-refractivity contribution < 1.29 is 23.9 Å². The largest absolute Gasteiger partial charge is 0.465 e. The second kappa shape index (κ2) is 12.3. The molecule has 2 rings (SSSR count). The van der Waals surface area contributed by atoms with Crippen molar-refractivity contribution in [1.29, 1.82) is 0 Å². The lowest BCUT2D eigenvalue weighted by atomic mass is 10.0. The van der Waals surface area contributed by atoms with Gasteiger partial charge < -0.3 is 14.4 Å². The van der Waals surface area contributed by atoms with Gasteiger partial charge in [-0.2, -0.15) is 11.8 Å². The molecule has 7 nitrogen and oxygen atoms in total. The van der Waals surface area contributed by atoms with Crippen LogP contribution >= 0.6 is 11.8 Å². The first-order valence-corrected chi connectivity index (χ1v) is 12.4. The van der Waals surface area contributed by atoms with Crippen molar-refractivity contribution in [3.63, 3.8) is 0 Å². The first kappa shape index (κ1) is 26.2. The number of nitrogens with one attached hydrogen (secondary N) is 1. The van der Waals surface area contributed by atoms with E-state index in [9.17, 15) is 14.4 Å². The van der Waals surface area contributed by atoms with Gasteiger partial charge in [-0.05, 0) is 53.0 Å². The fourth-order valence-corrected chi connectivity index (χ4v) is 4.55. The monoisotopic (exact) mass is 464 g/mol. The van der Waals surface area contributed by atoms with Gasteiger partial charge in [0.2, 0.25) is 5.91 Å². The number of nitrogens with zero attached hydrogens (tertiary/aromatic N) is 1. The van der Waals surface area contributed by atoms with Gasteiger partial charge in [-0.1, -0.05) is 30.3 Å². The second-order valence-corrected chi connectivity index (χ2v) is 10.0. The zero-order chi connectivity index (χ0) is 23.7. The molecule has 32 heavy (non-hydrogen) atoms. The molecule has 1 heterocycles. The molecule has 1 N–H and O–H groups in total. The number of carbonyl (C=O) groups is 3. The molecule has 0 saturated carbocycles. The van der Waals surface area contributed by atoms with Gasteiger partial charge >= 0.3 is 11.9 Å². The highest BCUT2D eigenvalue weighted by atomic mass is 32.2. The van der Waals surface area contributed by atoms with Crippen LogP contribution in [0.1, 0.15) is 46.6 Å². The Hall–Kier alpha value is -2.06. The molecule has 0 aliphatic carbocycles. The van der Waals surface area contributed by atoms with Crippen LogP contribution in [-0.4, -0.2) is 71.1 Å². The Kier molecular flexibility index (Phi) is 10.0. The molecule has 1 aromatic carbocycles. The van der Waals surface area contributed by atoms with Crippen molar-refractivity contribution in [2.45, 2.75) is 71.2 Å². The molecule has 178 valence electrons. The third-order valence-electron chi connectivity index (χ3n) is 5.05. The number of hydrogen-bond acceptors (Lipinski definition) is 7. The summed E-state index contributed by atoms with van der Waals surface area (Å²) >= 11 is 1.63. The Morgan fingerprint density at radius 1 is 1.22 bits per heavy atom. The van der Waals surface area contributed by atoms with E-state index in [0.717, 1.165) is 11.3 Å². The Morgan fingerprint density at radius 3 is 2.53 bits per heavy atom. The summed E-state index contributed by atoms with van der Waals surface area (Å²) in [5, 5.41) is 3.15. The number of aryl methyl sites for hydroxylation is 1. The predicted molar refractivity (Wildman–Crippen MR) is 126 cm³/mol. The first-order chi connectivity index (χ1) is 15.1. The molecule has 0 spiro atoms. The Bertz CT molecular complexity index is 765. The topological polar surface area (TPSA) is 84.9 Å². The van der Waals surface area contributed by atoms with Crippen LogP contribution in [0.2, 0.25) is 0 Å². The first-order valence-electron chi connectivity index (χ1n) is 11.2. The van der Waals surface area contributed by atoms with Crippen LogP contribution in [0.5, 0.6) is 0 Å². The summed E-state index contributed by atoms with van der Waals surface area (Å²) in [7, 11) is 0. The summed E-state index contributed by atoms with van der Waals surface area (Å²) in [6, 6.07) is 7.99. The minimum absolute atomic E-state index is 0.213. The number of hydrogen-bond donors (Lipinski definition) is 1. The van der Waals surface area contributed by atoms with Crippen LogP contribution in [0.4, 0.5) is 0 Å². The number of thioether (sulfide) groups is 1. The number of ether oxygens (including phenoxy) is 2. The molecule has 1 aliphatic heterocycles. The van der Waals surface area contributed by atoms with Gasteiger partial charge in [-0.25, -0.2) is 4.79 Å². The van der Waals surface area contributed by atoms with Crippen molar-refractivity contribution in [3.05, 3.63) is 35.9 Å². The van der Waals surface area contributed by atoms with E-state index >= 15 is 0 Å². The summed E-state index contributed by atoms with van der Waals surface area (Å²) < 4.78 is 10.8. The maximum Gasteiger partial charge on any atom is 0.330 e. The van der Waals surface area contributed by atoms with Crippen molar-refractivity contribution in [3.8, 4) is 0 Å². The average Bonchev–Trinajstić information content (AvgIpc) is 2.75. The Balaban J connectivity index is 2.07. The molecule has 0 aromatic heterocycles.